The normalized spacial score (nSPS) is 15.8. The quantitative estimate of drug-likeness (QED) is 0.891. The molecule has 0 atom stereocenters. The number of rotatable bonds is 3. The van der Waals surface area contributed by atoms with Crippen molar-refractivity contribution in [3.05, 3.63) is 17.5 Å². The highest BCUT2D eigenvalue weighted by molar-refractivity contribution is 5.94. The molecule has 0 aromatic carbocycles. The van der Waals surface area contributed by atoms with Crippen molar-refractivity contribution in [3.63, 3.8) is 0 Å². The SMILES string of the molecule is Cc1cc(C(=O)NCC(=O)N2CCCCCC2)nn1C. The lowest BCUT2D eigenvalue weighted by Crippen LogP contribution is -2.40. The average Bonchev–Trinajstić information content (AvgIpc) is 2.67. The summed E-state index contributed by atoms with van der Waals surface area (Å²) in [6.07, 6.45) is 4.48. The van der Waals surface area contributed by atoms with Gasteiger partial charge in [-0.2, -0.15) is 5.10 Å². The third-order valence-electron chi connectivity index (χ3n) is 3.71. The second-order valence-electron chi connectivity index (χ2n) is 5.27. The zero-order valence-corrected chi connectivity index (χ0v) is 12.2. The first-order chi connectivity index (χ1) is 9.58. The molecule has 0 spiro atoms. The molecule has 1 aliphatic rings. The summed E-state index contributed by atoms with van der Waals surface area (Å²) in [5.41, 5.74) is 1.27. The minimum absolute atomic E-state index is 0.00657. The molecule has 20 heavy (non-hydrogen) atoms. The van der Waals surface area contributed by atoms with Crippen molar-refractivity contribution < 1.29 is 9.59 Å². The predicted molar refractivity (Wildman–Crippen MR) is 75.3 cm³/mol. The molecule has 0 aliphatic carbocycles. The Morgan fingerprint density at radius 1 is 1.25 bits per heavy atom. The lowest BCUT2D eigenvalue weighted by atomic mass is 10.2. The third-order valence-corrected chi connectivity index (χ3v) is 3.71. The van der Waals surface area contributed by atoms with Crippen LogP contribution in [0.15, 0.2) is 6.07 Å². The number of hydrogen-bond donors (Lipinski definition) is 1. The molecule has 2 amide bonds. The van der Waals surface area contributed by atoms with E-state index in [9.17, 15) is 9.59 Å². The number of hydrogen-bond acceptors (Lipinski definition) is 3. The number of amides is 2. The highest BCUT2D eigenvalue weighted by Gasteiger charge is 2.17. The van der Waals surface area contributed by atoms with Crippen LogP contribution in [0.25, 0.3) is 0 Å². The lowest BCUT2D eigenvalue weighted by Gasteiger charge is -2.20. The van der Waals surface area contributed by atoms with Crippen LogP contribution in [0.4, 0.5) is 0 Å². The maximum absolute atomic E-state index is 12.0. The molecule has 0 saturated carbocycles. The second-order valence-corrected chi connectivity index (χ2v) is 5.27. The summed E-state index contributed by atoms with van der Waals surface area (Å²) in [6, 6.07) is 1.71. The Balaban J connectivity index is 1.84. The van der Waals surface area contributed by atoms with E-state index in [0.29, 0.717) is 5.69 Å². The molecule has 110 valence electrons. The Labute approximate surface area is 119 Å². The van der Waals surface area contributed by atoms with Crippen LogP contribution >= 0.6 is 0 Å². The van der Waals surface area contributed by atoms with E-state index in [-0.39, 0.29) is 18.4 Å². The summed E-state index contributed by atoms with van der Waals surface area (Å²) in [5, 5.41) is 6.75. The van der Waals surface area contributed by atoms with E-state index in [1.165, 1.54) is 12.8 Å². The van der Waals surface area contributed by atoms with Crippen molar-refractivity contribution in [1.29, 1.82) is 0 Å². The van der Waals surface area contributed by atoms with Crippen molar-refractivity contribution in [2.45, 2.75) is 32.6 Å². The molecule has 2 rings (SSSR count). The fraction of sp³-hybridized carbons (Fsp3) is 0.643. The van der Waals surface area contributed by atoms with Gasteiger partial charge in [0.2, 0.25) is 5.91 Å². The molecule has 0 bridgehead atoms. The largest absolute Gasteiger partial charge is 0.342 e. The lowest BCUT2D eigenvalue weighted by molar-refractivity contribution is -0.130. The predicted octanol–water partition coefficient (Wildman–Crippen LogP) is 0.861. The van der Waals surface area contributed by atoms with Gasteiger partial charge in [0.25, 0.3) is 5.91 Å². The summed E-state index contributed by atoms with van der Waals surface area (Å²) < 4.78 is 1.64. The minimum atomic E-state index is -0.295. The molecule has 1 aromatic rings. The van der Waals surface area contributed by atoms with Crippen LogP contribution in [0, 0.1) is 6.92 Å². The topological polar surface area (TPSA) is 67.2 Å². The molecule has 1 N–H and O–H groups in total. The molecule has 1 saturated heterocycles. The number of carbonyl (C=O) groups excluding carboxylic acids is 2. The van der Waals surface area contributed by atoms with Crippen LogP contribution in [0.1, 0.15) is 41.9 Å². The van der Waals surface area contributed by atoms with Crippen LogP contribution in [0.5, 0.6) is 0 Å². The molecule has 1 aliphatic heterocycles. The van der Waals surface area contributed by atoms with Crippen LogP contribution in [0.2, 0.25) is 0 Å². The third kappa shape index (κ3) is 3.59. The number of nitrogens with zero attached hydrogens (tertiary/aromatic N) is 3. The van der Waals surface area contributed by atoms with Gasteiger partial charge in [-0.1, -0.05) is 12.8 Å². The van der Waals surface area contributed by atoms with Gasteiger partial charge in [0, 0.05) is 25.8 Å². The Morgan fingerprint density at radius 3 is 2.45 bits per heavy atom. The van der Waals surface area contributed by atoms with E-state index < -0.39 is 0 Å². The Hall–Kier alpha value is -1.85. The van der Waals surface area contributed by atoms with E-state index in [4.69, 9.17) is 0 Å². The molecule has 1 fully saturated rings. The van der Waals surface area contributed by atoms with Crippen LogP contribution in [0.3, 0.4) is 0 Å². The smallest absolute Gasteiger partial charge is 0.272 e. The first-order valence-electron chi connectivity index (χ1n) is 7.14. The Bertz CT molecular complexity index is 468. The van der Waals surface area contributed by atoms with Crippen molar-refractivity contribution in [1.82, 2.24) is 20.0 Å². The number of likely N-dealkylation sites (tertiary alicyclic amines) is 1. The molecule has 0 unspecified atom stereocenters. The molecule has 0 radical (unpaired) electrons. The number of aromatic nitrogens is 2. The van der Waals surface area contributed by atoms with Crippen molar-refractivity contribution in [3.8, 4) is 0 Å². The summed E-state index contributed by atoms with van der Waals surface area (Å²) in [7, 11) is 1.79. The maximum atomic E-state index is 12.0. The molecule has 1 aromatic heterocycles. The zero-order valence-electron chi connectivity index (χ0n) is 12.2. The first kappa shape index (κ1) is 14.6. The average molecular weight is 278 g/mol. The molecular weight excluding hydrogens is 256 g/mol. The van der Waals surface area contributed by atoms with Gasteiger partial charge in [-0.15, -0.1) is 0 Å². The van der Waals surface area contributed by atoms with E-state index in [1.54, 1.807) is 17.8 Å². The highest BCUT2D eigenvalue weighted by Crippen LogP contribution is 2.09. The van der Waals surface area contributed by atoms with E-state index in [1.807, 2.05) is 11.8 Å². The monoisotopic (exact) mass is 278 g/mol. The van der Waals surface area contributed by atoms with E-state index in [2.05, 4.69) is 10.4 Å². The van der Waals surface area contributed by atoms with Crippen molar-refractivity contribution in [2.75, 3.05) is 19.6 Å². The fourth-order valence-electron chi connectivity index (χ4n) is 2.35. The van der Waals surface area contributed by atoms with Gasteiger partial charge < -0.3 is 10.2 Å². The summed E-state index contributed by atoms with van der Waals surface area (Å²) in [6.45, 7) is 3.54. The fourth-order valence-corrected chi connectivity index (χ4v) is 2.35. The number of carbonyl (C=O) groups is 2. The van der Waals surface area contributed by atoms with Crippen molar-refractivity contribution >= 4 is 11.8 Å². The van der Waals surface area contributed by atoms with Crippen LogP contribution < -0.4 is 5.32 Å². The Kier molecular flexibility index (Phi) is 4.76. The van der Waals surface area contributed by atoms with Gasteiger partial charge in [-0.25, -0.2) is 0 Å². The van der Waals surface area contributed by atoms with Crippen LogP contribution in [-0.4, -0.2) is 46.1 Å². The van der Waals surface area contributed by atoms with Gasteiger partial charge in [0.1, 0.15) is 5.69 Å². The second kappa shape index (κ2) is 6.54. The van der Waals surface area contributed by atoms with Gasteiger partial charge in [0.15, 0.2) is 0 Å². The Morgan fingerprint density at radius 2 is 1.90 bits per heavy atom. The van der Waals surface area contributed by atoms with Gasteiger partial charge in [-0.3, -0.25) is 14.3 Å². The standard InChI is InChI=1S/C14H22N4O2/c1-11-9-12(16-17(11)2)14(20)15-10-13(19)18-7-5-3-4-6-8-18/h9H,3-8,10H2,1-2H3,(H,15,20). The molecule has 6 heteroatoms. The summed E-state index contributed by atoms with van der Waals surface area (Å²) in [5.74, 6) is -0.301. The summed E-state index contributed by atoms with van der Waals surface area (Å²) in [4.78, 5) is 25.8. The zero-order chi connectivity index (χ0) is 14.5. The summed E-state index contributed by atoms with van der Waals surface area (Å²) >= 11 is 0. The number of aryl methyl sites for hydroxylation is 2. The van der Waals surface area contributed by atoms with Crippen molar-refractivity contribution in [2.24, 2.45) is 7.05 Å². The molecular formula is C14H22N4O2. The highest BCUT2D eigenvalue weighted by atomic mass is 16.2. The maximum Gasteiger partial charge on any atom is 0.272 e. The minimum Gasteiger partial charge on any atom is -0.342 e. The van der Waals surface area contributed by atoms with Gasteiger partial charge in [-0.05, 0) is 25.8 Å². The number of nitrogens with one attached hydrogen (secondary N) is 1. The van der Waals surface area contributed by atoms with E-state index in [0.717, 1.165) is 31.6 Å². The van der Waals surface area contributed by atoms with Crippen LogP contribution in [-0.2, 0) is 11.8 Å². The van der Waals surface area contributed by atoms with E-state index >= 15 is 0 Å². The molecule has 6 nitrogen and oxygen atoms in total. The first-order valence-corrected chi connectivity index (χ1v) is 7.14. The van der Waals surface area contributed by atoms with Gasteiger partial charge in [0.05, 0.1) is 6.54 Å². The van der Waals surface area contributed by atoms with Gasteiger partial charge >= 0.3 is 0 Å². The molecule has 2 heterocycles.